The summed E-state index contributed by atoms with van der Waals surface area (Å²) in [6.07, 6.45) is 0.875. The van der Waals surface area contributed by atoms with Gasteiger partial charge in [0.25, 0.3) is 11.8 Å². The van der Waals surface area contributed by atoms with Crippen LogP contribution in [0.2, 0.25) is 0 Å². The van der Waals surface area contributed by atoms with Gasteiger partial charge in [0.1, 0.15) is 0 Å². The van der Waals surface area contributed by atoms with E-state index < -0.39 is 0 Å². The van der Waals surface area contributed by atoms with Crippen molar-refractivity contribution in [1.29, 1.82) is 0 Å². The zero-order chi connectivity index (χ0) is 14.1. The number of carbonyl (C=O) groups excluding carboxylic acids is 2. The average Bonchev–Trinajstić information content (AvgIpc) is 2.99. The third kappa shape index (κ3) is 1.87. The van der Waals surface area contributed by atoms with E-state index in [0.717, 1.165) is 6.42 Å². The van der Waals surface area contributed by atoms with E-state index in [-0.39, 0.29) is 18.4 Å². The lowest BCUT2D eigenvalue weighted by atomic mass is 10.1. The molecule has 0 unspecified atom stereocenters. The van der Waals surface area contributed by atoms with Crippen molar-refractivity contribution in [2.75, 3.05) is 0 Å². The van der Waals surface area contributed by atoms with Crippen molar-refractivity contribution in [3.63, 3.8) is 0 Å². The Bertz CT molecular complexity index is 644. The highest BCUT2D eigenvalue weighted by atomic mass is 16.2. The van der Waals surface area contributed by atoms with Crippen LogP contribution in [0.25, 0.3) is 0 Å². The van der Waals surface area contributed by atoms with Gasteiger partial charge < -0.3 is 0 Å². The minimum Gasteiger partial charge on any atom is -0.269 e. The smallest absolute Gasteiger partial charge is 0.261 e. The standard InChI is InChI=1S/C13H13N5O2/c1-2-7-18-11(14-15-16-18)8-17-12(19)9-5-3-4-6-10(9)13(17)20/h3-6H,2,7-8H2,1H3. The Labute approximate surface area is 115 Å². The molecule has 0 N–H and O–H groups in total. The molecule has 3 rings (SSSR count). The number of benzene rings is 1. The molecule has 20 heavy (non-hydrogen) atoms. The third-order valence-electron chi connectivity index (χ3n) is 3.22. The molecule has 0 bridgehead atoms. The molecule has 0 radical (unpaired) electrons. The molecular weight excluding hydrogens is 258 g/mol. The van der Waals surface area contributed by atoms with Gasteiger partial charge in [0.2, 0.25) is 0 Å². The number of hydrogen-bond donors (Lipinski definition) is 0. The molecule has 7 nitrogen and oxygen atoms in total. The maximum Gasteiger partial charge on any atom is 0.261 e. The fourth-order valence-corrected chi connectivity index (χ4v) is 2.25. The molecule has 0 fully saturated rings. The lowest BCUT2D eigenvalue weighted by Gasteiger charge is -2.12. The predicted molar refractivity (Wildman–Crippen MR) is 68.8 cm³/mol. The highest BCUT2D eigenvalue weighted by Crippen LogP contribution is 2.23. The molecule has 2 aromatic rings. The van der Waals surface area contributed by atoms with Gasteiger partial charge in [0.05, 0.1) is 17.7 Å². The van der Waals surface area contributed by atoms with Crippen LogP contribution in [0.4, 0.5) is 0 Å². The lowest BCUT2D eigenvalue weighted by Crippen LogP contribution is -2.30. The second kappa shape index (κ2) is 4.84. The Morgan fingerprint density at radius 2 is 1.75 bits per heavy atom. The van der Waals surface area contributed by atoms with Crippen molar-refractivity contribution in [3.05, 3.63) is 41.2 Å². The van der Waals surface area contributed by atoms with Crippen LogP contribution in [0.15, 0.2) is 24.3 Å². The largest absolute Gasteiger partial charge is 0.269 e. The second-order valence-corrected chi connectivity index (χ2v) is 4.56. The van der Waals surface area contributed by atoms with Gasteiger partial charge in [-0.1, -0.05) is 19.1 Å². The summed E-state index contributed by atoms with van der Waals surface area (Å²) >= 11 is 0. The van der Waals surface area contributed by atoms with Gasteiger partial charge in [-0.15, -0.1) is 5.10 Å². The molecule has 2 heterocycles. The Balaban J connectivity index is 1.88. The maximum atomic E-state index is 12.2. The number of fused-ring (bicyclic) bond motifs is 1. The Morgan fingerprint density at radius 3 is 2.35 bits per heavy atom. The summed E-state index contributed by atoms with van der Waals surface area (Å²) in [6, 6.07) is 6.80. The molecule has 1 aliphatic heterocycles. The van der Waals surface area contributed by atoms with Gasteiger partial charge in [-0.05, 0) is 29.0 Å². The number of nitrogens with zero attached hydrogens (tertiary/aromatic N) is 5. The number of rotatable bonds is 4. The Kier molecular flexibility index (Phi) is 3.02. The van der Waals surface area contributed by atoms with Crippen molar-refractivity contribution in [1.82, 2.24) is 25.1 Å². The first kappa shape index (κ1) is 12.5. The topological polar surface area (TPSA) is 81.0 Å². The molecule has 1 aliphatic rings. The molecule has 0 saturated heterocycles. The fourth-order valence-electron chi connectivity index (χ4n) is 2.25. The number of tetrazole rings is 1. The highest BCUT2D eigenvalue weighted by molar-refractivity contribution is 6.21. The summed E-state index contributed by atoms with van der Waals surface area (Å²) in [5, 5.41) is 11.3. The van der Waals surface area contributed by atoms with Crippen LogP contribution >= 0.6 is 0 Å². The fraction of sp³-hybridized carbons (Fsp3) is 0.308. The number of hydrogen-bond acceptors (Lipinski definition) is 5. The first-order valence-electron chi connectivity index (χ1n) is 6.42. The van der Waals surface area contributed by atoms with Gasteiger partial charge in [-0.3, -0.25) is 14.5 Å². The van der Waals surface area contributed by atoms with Crippen molar-refractivity contribution < 1.29 is 9.59 Å². The molecule has 0 atom stereocenters. The van der Waals surface area contributed by atoms with Gasteiger partial charge in [-0.25, -0.2) is 4.68 Å². The summed E-state index contributed by atoms with van der Waals surface area (Å²) in [7, 11) is 0. The minimum absolute atomic E-state index is 0.0966. The van der Waals surface area contributed by atoms with Crippen LogP contribution in [-0.2, 0) is 13.1 Å². The first-order chi connectivity index (χ1) is 9.72. The van der Waals surface area contributed by atoms with E-state index in [0.29, 0.717) is 23.5 Å². The normalized spacial score (nSPS) is 13.9. The number of aryl methyl sites for hydroxylation is 1. The van der Waals surface area contributed by atoms with Gasteiger partial charge >= 0.3 is 0 Å². The maximum absolute atomic E-state index is 12.2. The van der Waals surface area contributed by atoms with Crippen LogP contribution in [0.3, 0.4) is 0 Å². The summed E-state index contributed by atoms with van der Waals surface area (Å²) < 4.78 is 1.61. The Morgan fingerprint density at radius 1 is 1.10 bits per heavy atom. The second-order valence-electron chi connectivity index (χ2n) is 4.56. The molecule has 1 aromatic carbocycles. The number of imide groups is 1. The monoisotopic (exact) mass is 271 g/mol. The molecule has 102 valence electrons. The van der Waals surface area contributed by atoms with E-state index in [1.165, 1.54) is 4.90 Å². The van der Waals surface area contributed by atoms with Gasteiger partial charge in [-0.2, -0.15) is 0 Å². The molecule has 2 amide bonds. The summed E-state index contributed by atoms with van der Waals surface area (Å²) in [5.74, 6) is -0.0744. The molecule has 0 aliphatic carbocycles. The van der Waals surface area contributed by atoms with Crippen molar-refractivity contribution in [2.24, 2.45) is 0 Å². The highest BCUT2D eigenvalue weighted by Gasteiger charge is 2.35. The van der Waals surface area contributed by atoms with Crippen LogP contribution in [0, 0.1) is 0 Å². The molecule has 0 spiro atoms. The summed E-state index contributed by atoms with van der Waals surface area (Å²) in [4.78, 5) is 25.6. The average molecular weight is 271 g/mol. The summed E-state index contributed by atoms with van der Waals surface area (Å²) in [5.41, 5.74) is 0.874. The van der Waals surface area contributed by atoms with E-state index in [1.54, 1.807) is 28.9 Å². The van der Waals surface area contributed by atoms with Crippen LogP contribution in [0.5, 0.6) is 0 Å². The molecule has 0 saturated carbocycles. The number of amides is 2. The van der Waals surface area contributed by atoms with E-state index in [1.807, 2.05) is 6.92 Å². The quantitative estimate of drug-likeness (QED) is 0.771. The zero-order valence-corrected chi connectivity index (χ0v) is 11.0. The predicted octanol–water partition coefficient (Wildman–Crippen LogP) is 0.879. The van der Waals surface area contributed by atoms with E-state index in [9.17, 15) is 9.59 Å². The number of carbonyl (C=O) groups is 2. The van der Waals surface area contributed by atoms with Crippen LogP contribution in [-0.4, -0.2) is 36.9 Å². The number of aromatic nitrogens is 4. The van der Waals surface area contributed by atoms with Crippen molar-refractivity contribution in [3.8, 4) is 0 Å². The van der Waals surface area contributed by atoms with E-state index in [2.05, 4.69) is 15.5 Å². The molecule has 1 aromatic heterocycles. The van der Waals surface area contributed by atoms with Crippen molar-refractivity contribution >= 4 is 11.8 Å². The Hall–Kier alpha value is -2.57. The van der Waals surface area contributed by atoms with E-state index >= 15 is 0 Å². The van der Waals surface area contributed by atoms with E-state index in [4.69, 9.17) is 0 Å². The minimum atomic E-state index is -0.295. The lowest BCUT2D eigenvalue weighted by molar-refractivity contribution is 0.0636. The summed E-state index contributed by atoms with van der Waals surface area (Å²) in [6.45, 7) is 2.76. The van der Waals surface area contributed by atoms with Crippen LogP contribution < -0.4 is 0 Å². The van der Waals surface area contributed by atoms with Gasteiger partial charge in [0, 0.05) is 6.54 Å². The third-order valence-corrected chi connectivity index (χ3v) is 3.22. The van der Waals surface area contributed by atoms with Crippen molar-refractivity contribution in [2.45, 2.75) is 26.4 Å². The zero-order valence-electron chi connectivity index (χ0n) is 11.0. The van der Waals surface area contributed by atoms with Crippen LogP contribution in [0.1, 0.15) is 39.9 Å². The molecular formula is C13H13N5O2. The SMILES string of the molecule is CCCn1nnnc1CN1C(=O)c2ccccc2C1=O. The molecule has 7 heteroatoms. The van der Waals surface area contributed by atoms with Gasteiger partial charge in [0.15, 0.2) is 5.82 Å². The first-order valence-corrected chi connectivity index (χ1v) is 6.42.